The van der Waals surface area contributed by atoms with E-state index in [-0.39, 0.29) is 0 Å². The number of hydrogen-bond acceptors (Lipinski definition) is 4. The summed E-state index contributed by atoms with van der Waals surface area (Å²) < 4.78 is 0. The highest BCUT2D eigenvalue weighted by molar-refractivity contribution is 5.75. The first-order valence-electron chi connectivity index (χ1n) is 8.03. The number of rotatable bonds is 2. The van der Waals surface area contributed by atoms with E-state index in [2.05, 4.69) is 52.2 Å². The Labute approximate surface area is 136 Å². The molecule has 0 saturated carbocycles. The van der Waals surface area contributed by atoms with Crippen molar-refractivity contribution in [3.05, 3.63) is 66.4 Å². The van der Waals surface area contributed by atoms with Gasteiger partial charge in [0.05, 0.1) is 23.3 Å². The van der Waals surface area contributed by atoms with Crippen molar-refractivity contribution < 1.29 is 0 Å². The monoisotopic (exact) mass is 304 g/mol. The van der Waals surface area contributed by atoms with Crippen molar-refractivity contribution in [2.24, 2.45) is 0 Å². The van der Waals surface area contributed by atoms with E-state index in [0.717, 1.165) is 36.5 Å². The lowest BCUT2D eigenvalue weighted by Crippen LogP contribution is -2.47. The summed E-state index contributed by atoms with van der Waals surface area (Å²) in [5.41, 5.74) is 3.23. The quantitative estimate of drug-likeness (QED) is 0.728. The maximum atomic E-state index is 4.84. The fourth-order valence-electron chi connectivity index (χ4n) is 3.24. The Bertz CT molecular complexity index is 803. The van der Waals surface area contributed by atoms with Gasteiger partial charge in [-0.05, 0) is 24.7 Å². The Balaban J connectivity index is 1.74. The molecule has 116 valence electrons. The van der Waals surface area contributed by atoms with Crippen LogP contribution in [0.25, 0.3) is 11.0 Å². The molecule has 0 aliphatic carbocycles. The molecule has 4 heteroatoms. The first kappa shape index (κ1) is 14.2. The van der Waals surface area contributed by atoms with Crippen molar-refractivity contribution >= 4 is 16.9 Å². The van der Waals surface area contributed by atoms with E-state index in [0.29, 0.717) is 6.04 Å². The van der Waals surface area contributed by atoms with Gasteiger partial charge in [0, 0.05) is 19.6 Å². The average Bonchev–Trinajstić information content (AvgIpc) is 2.62. The average molecular weight is 304 g/mol. The molecule has 2 heterocycles. The van der Waals surface area contributed by atoms with E-state index >= 15 is 0 Å². The van der Waals surface area contributed by atoms with Crippen molar-refractivity contribution in [2.75, 3.05) is 31.6 Å². The Morgan fingerprint density at radius 2 is 1.65 bits per heavy atom. The number of aromatic nitrogens is 2. The van der Waals surface area contributed by atoms with Crippen molar-refractivity contribution in [1.29, 1.82) is 0 Å². The van der Waals surface area contributed by atoms with Crippen LogP contribution in [0, 0.1) is 0 Å². The molecule has 1 aliphatic rings. The van der Waals surface area contributed by atoms with Gasteiger partial charge in [-0.25, -0.2) is 4.98 Å². The fourth-order valence-corrected chi connectivity index (χ4v) is 3.24. The summed E-state index contributed by atoms with van der Waals surface area (Å²) in [5, 5.41) is 0. The van der Waals surface area contributed by atoms with Crippen LogP contribution in [0.15, 0.2) is 60.8 Å². The molecule has 1 atom stereocenters. The second-order valence-corrected chi connectivity index (χ2v) is 6.10. The highest BCUT2D eigenvalue weighted by Gasteiger charge is 2.27. The molecule has 23 heavy (non-hydrogen) atoms. The number of nitrogens with zero attached hydrogens (tertiary/aromatic N) is 4. The zero-order valence-electron chi connectivity index (χ0n) is 13.3. The normalized spacial score (nSPS) is 19.2. The predicted molar refractivity (Wildman–Crippen MR) is 93.6 cm³/mol. The Hall–Kier alpha value is -2.46. The van der Waals surface area contributed by atoms with Crippen molar-refractivity contribution in [2.45, 2.75) is 6.04 Å². The summed E-state index contributed by atoms with van der Waals surface area (Å²) in [5.74, 6) is 0.964. The standard InChI is InChI=1S/C19H20N4/c1-22-11-12-23(18(14-22)15-7-3-2-4-8-15)19-13-20-16-9-5-6-10-17(16)21-19/h2-10,13,18H,11-12,14H2,1H3. The minimum atomic E-state index is 0.311. The third kappa shape index (κ3) is 2.78. The third-order valence-electron chi connectivity index (χ3n) is 4.50. The van der Waals surface area contributed by atoms with Crippen LogP contribution in [0.4, 0.5) is 5.82 Å². The molecule has 1 aromatic heterocycles. The van der Waals surface area contributed by atoms with Crippen LogP contribution in [0.1, 0.15) is 11.6 Å². The van der Waals surface area contributed by atoms with Gasteiger partial charge in [0.1, 0.15) is 5.82 Å². The number of likely N-dealkylation sites (N-methyl/N-ethyl adjacent to an activating group) is 1. The molecular weight excluding hydrogens is 284 g/mol. The van der Waals surface area contributed by atoms with Crippen LogP contribution in [0.5, 0.6) is 0 Å². The molecule has 1 saturated heterocycles. The van der Waals surface area contributed by atoms with Crippen LogP contribution >= 0.6 is 0 Å². The van der Waals surface area contributed by atoms with E-state index in [1.165, 1.54) is 5.56 Å². The predicted octanol–water partition coefficient (Wildman–Crippen LogP) is 3.12. The summed E-state index contributed by atoms with van der Waals surface area (Å²) in [6.45, 7) is 3.00. The smallest absolute Gasteiger partial charge is 0.148 e. The zero-order chi connectivity index (χ0) is 15.6. The molecule has 3 aromatic rings. The molecule has 0 amide bonds. The lowest BCUT2D eigenvalue weighted by Gasteiger charge is -2.41. The first-order valence-corrected chi connectivity index (χ1v) is 8.03. The second kappa shape index (κ2) is 5.97. The van der Waals surface area contributed by atoms with Gasteiger partial charge in [0.15, 0.2) is 0 Å². The summed E-state index contributed by atoms with van der Waals surface area (Å²) in [4.78, 5) is 14.2. The number of para-hydroxylation sites is 2. The lowest BCUT2D eigenvalue weighted by molar-refractivity contribution is 0.268. The maximum Gasteiger partial charge on any atom is 0.148 e. The molecular formula is C19H20N4. The van der Waals surface area contributed by atoms with Gasteiger partial charge in [0.25, 0.3) is 0 Å². The molecule has 4 nitrogen and oxygen atoms in total. The van der Waals surface area contributed by atoms with Crippen LogP contribution in [0.3, 0.4) is 0 Å². The molecule has 1 fully saturated rings. The van der Waals surface area contributed by atoms with E-state index in [4.69, 9.17) is 4.98 Å². The van der Waals surface area contributed by atoms with Crippen molar-refractivity contribution in [3.8, 4) is 0 Å². The van der Waals surface area contributed by atoms with E-state index < -0.39 is 0 Å². The number of hydrogen-bond donors (Lipinski definition) is 0. The molecule has 0 radical (unpaired) electrons. The van der Waals surface area contributed by atoms with Crippen molar-refractivity contribution in [3.63, 3.8) is 0 Å². The Kier molecular flexibility index (Phi) is 3.67. The molecule has 1 aliphatic heterocycles. The number of fused-ring (bicyclic) bond motifs is 1. The van der Waals surface area contributed by atoms with Gasteiger partial charge in [-0.3, -0.25) is 4.98 Å². The second-order valence-electron chi connectivity index (χ2n) is 6.10. The fraction of sp³-hybridized carbons (Fsp3) is 0.263. The van der Waals surface area contributed by atoms with Gasteiger partial charge in [-0.1, -0.05) is 42.5 Å². The van der Waals surface area contributed by atoms with E-state index in [1.54, 1.807) is 0 Å². The Morgan fingerprint density at radius 3 is 2.48 bits per heavy atom. The third-order valence-corrected chi connectivity index (χ3v) is 4.50. The minimum Gasteiger partial charge on any atom is -0.346 e. The minimum absolute atomic E-state index is 0.311. The van der Waals surface area contributed by atoms with Gasteiger partial charge >= 0.3 is 0 Å². The molecule has 4 rings (SSSR count). The molecule has 1 unspecified atom stereocenters. The van der Waals surface area contributed by atoms with Gasteiger partial charge in [0.2, 0.25) is 0 Å². The van der Waals surface area contributed by atoms with E-state index in [1.807, 2.05) is 30.5 Å². The van der Waals surface area contributed by atoms with Crippen LogP contribution in [0.2, 0.25) is 0 Å². The van der Waals surface area contributed by atoms with Crippen LogP contribution in [-0.2, 0) is 0 Å². The summed E-state index contributed by atoms with van der Waals surface area (Å²) >= 11 is 0. The lowest BCUT2D eigenvalue weighted by atomic mass is 10.0. The molecule has 0 N–H and O–H groups in total. The van der Waals surface area contributed by atoms with Crippen LogP contribution in [-0.4, -0.2) is 41.5 Å². The summed E-state index contributed by atoms with van der Waals surface area (Å²) in [6.07, 6.45) is 1.91. The highest BCUT2D eigenvalue weighted by atomic mass is 15.3. The number of benzene rings is 2. The zero-order valence-corrected chi connectivity index (χ0v) is 13.3. The number of piperazine rings is 1. The highest BCUT2D eigenvalue weighted by Crippen LogP contribution is 2.29. The molecule has 0 bridgehead atoms. The van der Waals surface area contributed by atoms with Crippen molar-refractivity contribution in [1.82, 2.24) is 14.9 Å². The van der Waals surface area contributed by atoms with Gasteiger partial charge in [-0.15, -0.1) is 0 Å². The Morgan fingerprint density at radius 1 is 0.913 bits per heavy atom. The topological polar surface area (TPSA) is 32.3 Å². The summed E-state index contributed by atoms with van der Waals surface area (Å²) in [7, 11) is 2.18. The maximum absolute atomic E-state index is 4.84. The number of anilines is 1. The molecule has 2 aromatic carbocycles. The van der Waals surface area contributed by atoms with Gasteiger partial charge in [-0.2, -0.15) is 0 Å². The van der Waals surface area contributed by atoms with E-state index in [9.17, 15) is 0 Å². The SMILES string of the molecule is CN1CCN(c2cnc3ccccc3n2)C(c2ccccc2)C1. The summed E-state index contributed by atoms with van der Waals surface area (Å²) in [6, 6.07) is 19.0. The van der Waals surface area contributed by atoms with Gasteiger partial charge < -0.3 is 9.80 Å². The van der Waals surface area contributed by atoms with Crippen LogP contribution < -0.4 is 4.90 Å². The molecule has 0 spiro atoms. The largest absolute Gasteiger partial charge is 0.346 e. The first-order chi connectivity index (χ1) is 11.3.